The largest absolute Gasteiger partial charge is 0.435 e. The average molecular weight is 541 g/mol. The molecule has 0 unspecified atom stereocenters. The van der Waals surface area contributed by atoms with E-state index >= 15 is 0 Å². The molecule has 0 saturated carbocycles. The van der Waals surface area contributed by atoms with Gasteiger partial charge < -0.3 is 29.7 Å². The van der Waals surface area contributed by atoms with Gasteiger partial charge in [0.2, 0.25) is 5.91 Å². The van der Waals surface area contributed by atoms with Crippen LogP contribution >= 0.6 is 0 Å². The minimum absolute atomic E-state index is 0.0307. The van der Waals surface area contributed by atoms with Crippen molar-refractivity contribution in [3.63, 3.8) is 0 Å². The van der Waals surface area contributed by atoms with Crippen LogP contribution in [0.15, 0.2) is 36.7 Å². The highest BCUT2D eigenvalue weighted by molar-refractivity contribution is 5.94. The molecule has 0 aliphatic carbocycles. The lowest BCUT2D eigenvalue weighted by molar-refractivity contribution is -0.131. The molecule has 2 fully saturated rings. The normalized spacial score (nSPS) is 16.3. The van der Waals surface area contributed by atoms with E-state index in [0.29, 0.717) is 28.7 Å². The van der Waals surface area contributed by atoms with Gasteiger partial charge in [0.05, 0.1) is 0 Å². The van der Waals surface area contributed by atoms with Gasteiger partial charge in [-0.05, 0) is 25.0 Å². The first-order chi connectivity index (χ1) is 18.6. The summed E-state index contributed by atoms with van der Waals surface area (Å²) in [4.78, 5) is 41.7. The molecule has 2 N–H and O–H groups in total. The molecule has 11 nitrogen and oxygen atoms in total. The van der Waals surface area contributed by atoms with Crippen molar-refractivity contribution >= 4 is 29.3 Å². The number of nitrogens with zero attached hydrogens (tertiary/aromatic N) is 6. The fourth-order valence-corrected chi connectivity index (χ4v) is 5.15. The minimum atomic E-state index is -2.95. The summed E-state index contributed by atoms with van der Waals surface area (Å²) in [7, 11) is 3.33. The van der Waals surface area contributed by atoms with E-state index in [9.17, 15) is 18.4 Å². The number of likely N-dealkylation sites (tertiary alicyclic amines) is 1. The van der Waals surface area contributed by atoms with Crippen molar-refractivity contribution in [3.05, 3.63) is 42.4 Å². The fourth-order valence-electron chi connectivity index (χ4n) is 5.15. The van der Waals surface area contributed by atoms with Crippen LogP contribution < -0.4 is 20.3 Å². The Bertz CT molecular complexity index is 1380. The molecule has 2 amide bonds. The summed E-state index contributed by atoms with van der Waals surface area (Å²) in [6.07, 6.45) is 5.00. The van der Waals surface area contributed by atoms with Gasteiger partial charge in [-0.2, -0.15) is 8.78 Å². The number of pyridine rings is 1. The van der Waals surface area contributed by atoms with Crippen LogP contribution in [0, 0.1) is 5.41 Å². The summed E-state index contributed by atoms with van der Waals surface area (Å²) in [6, 6.07) is 6.20. The Balaban J connectivity index is 1.43. The van der Waals surface area contributed by atoms with Gasteiger partial charge in [-0.3, -0.25) is 9.59 Å². The molecule has 13 heteroatoms. The minimum Gasteiger partial charge on any atom is -0.435 e. The quantitative estimate of drug-likeness (QED) is 0.470. The molecule has 0 bridgehead atoms. The molecule has 0 atom stereocenters. The van der Waals surface area contributed by atoms with Crippen LogP contribution in [0.5, 0.6) is 5.75 Å². The number of carbonyl (C=O) groups is 2. The molecule has 0 aromatic carbocycles. The molecule has 1 spiro atoms. The molecule has 3 aromatic rings. The summed E-state index contributed by atoms with van der Waals surface area (Å²) in [5.41, 5.74) is 1.23. The molecular weight excluding hydrogens is 510 g/mol. The molecule has 2 saturated heterocycles. The van der Waals surface area contributed by atoms with Crippen molar-refractivity contribution in [2.24, 2.45) is 12.5 Å². The topological polar surface area (TPSA) is 118 Å². The van der Waals surface area contributed by atoms with Gasteiger partial charge in [0.15, 0.2) is 5.82 Å². The zero-order valence-corrected chi connectivity index (χ0v) is 21.9. The number of amides is 2. The van der Waals surface area contributed by atoms with Gasteiger partial charge in [0, 0.05) is 82.7 Å². The third-order valence-corrected chi connectivity index (χ3v) is 7.29. The molecule has 2 aliphatic rings. The molecule has 206 valence electrons. The Hall–Kier alpha value is -4.29. The number of ether oxygens (including phenoxy) is 1. The van der Waals surface area contributed by atoms with Crippen molar-refractivity contribution in [2.75, 3.05) is 43.4 Å². The van der Waals surface area contributed by atoms with Crippen LogP contribution in [0.25, 0.3) is 11.4 Å². The molecule has 3 aromatic heterocycles. The van der Waals surface area contributed by atoms with Gasteiger partial charge >= 0.3 is 6.61 Å². The van der Waals surface area contributed by atoms with Gasteiger partial charge in [-0.15, -0.1) is 0 Å². The summed E-state index contributed by atoms with van der Waals surface area (Å²) < 4.78 is 31.6. The van der Waals surface area contributed by atoms with E-state index in [1.54, 1.807) is 43.9 Å². The average Bonchev–Trinajstić information content (AvgIpc) is 3.28. The highest BCUT2D eigenvalue weighted by atomic mass is 19.3. The first kappa shape index (κ1) is 26.3. The lowest BCUT2D eigenvalue weighted by Crippen LogP contribution is -2.61. The number of hydrogen-bond acceptors (Lipinski definition) is 8. The standard InChI is InChI=1S/C26H30F2N8O3/c1-16(37)35-8-5-26(6-9-35)14-36(15-26)22-12-21(31-20-11-18(4-7-30-20)39-25(27)28)32-23(33-22)17-10-19(24(38)29-2)34(3)13-17/h4,7,10-13,25H,5-6,8-9,14-15H2,1-3H3,(H,29,38)(H,30,31,32,33). The lowest BCUT2D eigenvalue weighted by Gasteiger charge is -2.54. The zero-order valence-electron chi connectivity index (χ0n) is 21.9. The maximum Gasteiger partial charge on any atom is 0.387 e. The zero-order chi connectivity index (χ0) is 27.7. The van der Waals surface area contributed by atoms with Crippen molar-refractivity contribution in [2.45, 2.75) is 26.4 Å². The molecular formula is C26H30F2N8O3. The second-order valence-corrected chi connectivity index (χ2v) is 9.98. The summed E-state index contributed by atoms with van der Waals surface area (Å²) in [5, 5.41) is 5.69. The van der Waals surface area contributed by atoms with Gasteiger partial charge in [0.1, 0.15) is 28.9 Å². The first-order valence-corrected chi connectivity index (χ1v) is 12.6. The van der Waals surface area contributed by atoms with Crippen LogP contribution in [0.1, 0.15) is 30.3 Å². The summed E-state index contributed by atoms with van der Waals surface area (Å²) in [5.74, 6) is 1.61. The van der Waals surface area contributed by atoms with Crippen LogP contribution in [0.2, 0.25) is 0 Å². The lowest BCUT2D eigenvalue weighted by atomic mass is 9.72. The predicted octanol–water partition coefficient (Wildman–Crippen LogP) is 3.03. The second kappa shape index (κ2) is 10.5. The number of anilines is 3. The predicted molar refractivity (Wildman–Crippen MR) is 140 cm³/mol. The van der Waals surface area contributed by atoms with Gasteiger partial charge in [-0.1, -0.05) is 0 Å². The highest BCUT2D eigenvalue weighted by Gasteiger charge is 2.45. The van der Waals surface area contributed by atoms with E-state index < -0.39 is 6.61 Å². The van der Waals surface area contributed by atoms with Gasteiger partial charge in [-0.25, -0.2) is 15.0 Å². The number of hydrogen-bond donors (Lipinski definition) is 2. The third kappa shape index (κ3) is 5.61. The number of piperidine rings is 1. The van der Waals surface area contributed by atoms with Crippen molar-refractivity contribution in [3.8, 4) is 17.1 Å². The third-order valence-electron chi connectivity index (χ3n) is 7.29. The number of aryl methyl sites for hydroxylation is 1. The molecule has 5 rings (SSSR count). The fraction of sp³-hybridized carbons (Fsp3) is 0.423. The van der Waals surface area contributed by atoms with Gasteiger partial charge in [0.25, 0.3) is 5.91 Å². The Morgan fingerprint density at radius 1 is 1.10 bits per heavy atom. The number of aromatic nitrogens is 4. The monoisotopic (exact) mass is 540 g/mol. The smallest absolute Gasteiger partial charge is 0.387 e. The van der Waals surface area contributed by atoms with Crippen molar-refractivity contribution in [1.29, 1.82) is 0 Å². The highest BCUT2D eigenvalue weighted by Crippen LogP contribution is 2.43. The van der Waals surface area contributed by atoms with Crippen molar-refractivity contribution < 1.29 is 23.1 Å². The van der Waals surface area contributed by atoms with E-state index in [4.69, 9.17) is 4.98 Å². The molecule has 39 heavy (non-hydrogen) atoms. The number of nitrogens with one attached hydrogen (secondary N) is 2. The Morgan fingerprint density at radius 2 is 1.85 bits per heavy atom. The summed E-state index contributed by atoms with van der Waals surface area (Å²) >= 11 is 0. The number of alkyl halides is 2. The Kier molecular flexibility index (Phi) is 7.06. The Labute approximate surface area is 224 Å². The van der Waals surface area contributed by atoms with E-state index in [1.807, 2.05) is 4.90 Å². The first-order valence-electron chi connectivity index (χ1n) is 12.6. The van der Waals surface area contributed by atoms with Crippen LogP contribution in [0.3, 0.4) is 0 Å². The van der Waals surface area contributed by atoms with E-state index in [0.717, 1.165) is 39.0 Å². The van der Waals surface area contributed by atoms with E-state index in [2.05, 4.69) is 30.2 Å². The summed E-state index contributed by atoms with van der Waals surface area (Å²) in [6.45, 7) is 1.74. The number of carbonyl (C=O) groups excluding carboxylic acids is 2. The molecule has 5 heterocycles. The Morgan fingerprint density at radius 3 is 2.51 bits per heavy atom. The van der Waals surface area contributed by atoms with Crippen LogP contribution in [-0.2, 0) is 11.8 Å². The molecule has 0 radical (unpaired) electrons. The maximum absolute atomic E-state index is 12.7. The molecule has 2 aliphatic heterocycles. The number of halogens is 2. The SMILES string of the molecule is CNC(=O)c1cc(-c2nc(Nc3cc(OC(F)F)ccn3)cc(N3CC4(CCN(C(C)=O)CC4)C3)n2)cn1C. The maximum atomic E-state index is 12.7. The van der Waals surface area contributed by atoms with Crippen LogP contribution in [0.4, 0.5) is 26.2 Å². The van der Waals surface area contributed by atoms with E-state index in [1.165, 1.54) is 18.3 Å². The van der Waals surface area contributed by atoms with Crippen molar-refractivity contribution in [1.82, 2.24) is 29.7 Å². The van der Waals surface area contributed by atoms with Crippen LogP contribution in [-0.4, -0.2) is 76.1 Å². The second-order valence-electron chi connectivity index (χ2n) is 9.98. The number of rotatable bonds is 7. The van der Waals surface area contributed by atoms with E-state index in [-0.39, 0.29) is 28.8 Å².